The van der Waals surface area contributed by atoms with Crippen LogP contribution in [0.1, 0.15) is 5.56 Å². The van der Waals surface area contributed by atoms with E-state index in [-0.39, 0.29) is 5.02 Å². The summed E-state index contributed by atoms with van der Waals surface area (Å²) in [6.45, 7) is 0.316. The van der Waals surface area contributed by atoms with Gasteiger partial charge < -0.3 is 15.2 Å². The second-order valence-electron chi connectivity index (χ2n) is 2.93. The van der Waals surface area contributed by atoms with Gasteiger partial charge in [-0.15, -0.1) is 0 Å². The van der Waals surface area contributed by atoms with Gasteiger partial charge in [-0.05, 0) is 13.0 Å². The highest BCUT2D eigenvalue weighted by atomic mass is 35.5. The lowest BCUT2D eigenvalue weighted by Gasteiger charge is -2.14. The maximum Gasteiger partial charge on any atom is 0.166 e. The fourth-order valence-electron chi connectivity index (χ4n) is 1.38. The largest absolute Gasteiger partial charge is 0.493 e. The summed E-state index contributed by atoms with van der Waals surface area (Å²) in [5.41, 5.74) is 5.74. The molecule has 0 saturated heterocycles. The van der Waals surface area contributed by atoms with Crippen LogP contribution in [0.2, 0.25) is 5.02 Å². The Morgan fingerprint density at radius 3 is 2.53 bits per heavy atom. The fraction of sp³-hybridized carbons (Fsp3) is 0.400. The van der Waals surface area contributed by atoms with Gasteiger partial charge in [-0.25, -0.2) is 4.39 Å². The van der Waals surface area contributed by atoms with Gasteiger partial charge in [0.15, 0.2) is 11.5 Å². The molecule has 1 aromatic carbocycles. The van der Waals surface area contributed by atoms with Crippen LogP contribution in [-0.2, 0) is 6.42 Å². The molecule has 0 radical (unpaired) electrons. The van der Waals surface area contributed by atoms with Crippen LogP contribution in [0, 0.1) is 5.82 Å². The van der Waals surface area contributed by atoms with Crippen molar-refractivity contribution in [1.82, 2.24) is 0 Å². The minimum Gasteiger partial charge on any atom is -0.493 e. The van der Waals surface area contributed by atoms with E-state index >= 15 is 0 Å². The van der Waals surface area contributed by atoms with Gasteiger partial charge in [0, 0.05) is 11.6 Å². The predicted octanol–water partition coefficient (Wildman–Crippen LogP) is 2.00. The summed E-state index contributed by atoms with van der Waals surface area (Å²) in [6, 6.07) is 1.38. The molecular weight excluding hydrogens is 221 g/mol. The maximum absolute atomic E-state index is 13.6. The monoisotopic (exact) mass is 233 g/mol. The molecule has 2 N–H and O–H groups in total. The van der Waals surface area contributed by atoms with Crippen LogP contribution < -0.4 is 15.2 Å². The molecule has 0 spiro atoms. The summed E-state index contributed by atoms with van der Waals surface area (Å²) in [5.74, 6) is 0.261. The number of methoxy groups -OCH3 is 2. The Hall–Kier alpha value is -1.00. The van der Waals surface area contributed by atoms with Crippen molar-refractivity contribution in [3.05, 3.63) is 22.5 Å². The third-order valence-corrected chi connectivity index (χ3v) is 2.32. The second kappa shape index (κ2) is 5.19. The van der Waals surface area contributed by atoms with Crippen LogP contribution >= 0.6 is 11.6 Å². The van der Waals surface area contributed by atoms with E-state index in [1.165, 1.54) is 20.3 Å². The lowest BCUT2D eigenvalue weighted by molar-refractivity contribution is 0.348. The predicted molar refractivity (Wildman–Crippen MR) is 57.3 cm³/mol. The number of rotatable bonds is 4. The van der Waals surface area contributed by atoms with Gasteiger partial charge in [0.05, 0.1) is 19.2 Å². The van der Waals surface area contributed by atoms with Gasteiger partial charge in [0.2, 0.25) is 0 Å². The quantitative estimate of drug-likeness (QED) is 0.865. The van der Waals surface area contributed by atoms with Gasteiger partial charge in [-0.1, -0.05) is 11.6 Å². The highest BCUT2D eigenvalue weighted by molar-refractivity contribution is 6.31. The normalized spacial score (nSPS) is 10.2. The molecule has 0 aliphatic carbocycles. The van der Waals surface area contributed by atoms with Gasteiger partial charge in [-0.2, -0.15) is 0 Å². The topological polar surface area (TPSA) is 44.5 Å². The Balaban J connectivity index is 3.35. The minimum absolute atomic E-state index is 0.0103. The lowest BCUT2D eigenvalue weighted by atomic mass is 10.1. The average Bonchev–Trinajstić information content (AvgIpc) is 2.24. The van der Waals surface area contributed by atoms with Crippen LogP contribution in [0.3, 0.4) is 0 Å². The first-order valence-corrected chi connectivity index (χ1v) is 4.82. The van der Waals surface area contributed by atoms with Crippen molar-refractivity contribution in [2.45, 2.75) is 6.42 Å². The van der Waals surface area contributed by atoms with E-state index in [0.717, 1.165) is 0 Å². The fourth-order valence-corrected chi connectivity index (χ4v) is 1.59. The highest BCUT2D eigenvalue weighted by Crippen LogP contribution is 2.37. The molecule has 1 rings (SSSR count). The van der Waals surface area contributed by atoms with Crippen LogP contribution in [0.15, 0.2) is 6.07 Å². The number of halogens is 2. The van der Waals surface area contributed by atoms with Crippen LogP contribution in [0.25, 0.3) is 0 Å². The lowest BCUT2D eigenvalue weighted by Crippen LogP contribution is -2.07. The van der Waals surface area contributed by atoms with E-state index in [2.05, 4.69) is 0 Å². The zero-order valence-electron chi connectivity index (χ0n) is 8.64. The Morgan fingerprint density at radius 1 is 1.40 bits per heavy atom. The first-order chi connectivity index (χ1) is 7.15. The number of benzene rings is 1. The molecule has 0 unspecified atom stereocenters. The Bertz CT molecular complexity index is 358. The van der Waals surface area contributed by atoms with E-state index < -0.39 is 5.82 Å². The summed E-state index contributed by atoms with van der Waals surface area (Å²) < 4.78 is 23.7. The molecule has 15 heavy (non-hydrogen) atoms. The smallest absolute Gasteiger partial charge is 0.166 e. The standard InChI is InChI=1S/C10H13ClFNO2/c1-14-8-5-7(11)9(12)6(3-4-13)10(8)15-2/h5H,3-4,13H2,1-2H3. The molecule has 5 heteroatoms. The molecule has 84 valence electrons. The number of nitrogens with two attached hydrogens (primary N) is 1. The Kier molecular flexibility index (Phi) is 4.17. The molecule has 0 bridgehead atoms. The molecular formula is C10H13ClFNO2. The molecule has 0 amide bonds. The van der Waals surface area contributed by atoms with E-state index in [4.69, 9.17) is 26.8 Å². The molecule has 3 nitrogen and oxygen atoms in total. The maximum atomic E-state index is 13.6. The van der Waals surface area contributed by atoms with E-state index in [0.29, 0.717) is 30.0 Å². The van der Waals surface area contributed by atoms with Crippen molar-refractivity contribution in [1.29, 1.82) is 0 Å². The third-order valence-electron chi connectivity index (χ3n) is 2.05. The van der Waals surface area contributed by atoms with Crippen molar-refractivity contribution >= 4 is 11.6 Å². The molecule has 0 fully saturated rings. The summed E-state index contributed by atoms with van der Waals surface area (Å²) in [7, 11) is 2.92. The van der Waals surface area contributed by atoms with Crippen molar-refractivity contribution in [2.24, 2.45) is 5.73 Å². The molecule has 0 heterocycles. The molecule has 0 saturated carbocycles. The summed E-state index contributed by atoms with van der Waals surface area (Å²) >= 11 is 5.71. The zero-order valence-corrected chi connectivity index (χ0v) is 9.40. The molecule has 0 atom stereocenters. The first-order valence-electron chi connectivity index (χ1n) is 4.44. The molecule has 0 aliphatic heterocycles. The second-order valence-corrected chi connectivity index (χ2v) is 3.33. The van der Waals surface area contributed by atoms with Crippen molar-refractivity contribution in [2.75, 3.05) is 20.8 Å². The van der Waals surface area contributed by atoms with Gasteiger partial charge in [-0.3, -0.25) is 0 Å². The van der Waals surface area contributed by atoms with Crippen LogP contribution in [-0.4, -0.2) is 20.8 Å². The number of hydrogen-bond acceptors (Lipinski definition) is 3. The highest BCUT2D eigenvalue weighted by Gasteiger charge is 2.18. The number of ether oxygens (including phenoxy) is 2. The Labute approximate surface area is 92.9 Å². The van der Waals surface area contributed by atoms with Gasteiger partial charge >= 0.3 is 0 Å². The van der Waals surface area contributed by atoms with Crippen molar-refractivity contribution < 1.29 is 13.9 Å². The van der Waals surface area contributed by atoms with E-state index in [1.54, 1.807) is 0 Å². The molecule has 0 aromatic heterocycles. The number of hydrogen-bond donors (Lipinski definition) is 1. The van der Waals surface area contributed by atoms with Crippen molar-refractivity contribution in [3.63, 3.8) is 0 Å². The minimum atomic E-state index is -0.500. The van der Waals surface area contributed by atoms with E-state index in [9.17, 15) is 4.39 Å². The van der Waals surface area contributed by atoms with Crippen molar-refractivity contribution in [3.8, 4) is 11.5 Å². The zero-order chi connectivity index (χ0) is 11.4. The van der Waals surface area contributed by atoms with Crippen LogP contribution in [0.5, 0.6) is 11.5 Å². The summed E-state index contributed by atoms with van der Waals surface area (Å²) in [4.78, 5) is 0. The third kappa shape index (κ3) is 2.33. The summed E-state index contributed by atoms with van der Waals surface area (Å²) in [6.07, 6.45) is 0.353. The SMILES string of the molecule is COc1cc(Cl)c(F)c(CCN)c1OC. The van der Waals surface area contributed by atoms with Gasteiger partial charge in [0.1, 0.15) is 5.82 Å². The average molecular weight is 234 g/mol. The summed E-state index contributed by atoms with van der Waals surface area (Å²) in [5, 5.41) is 0.0103. The van der Waals surface area contributed by atoms with Gasteiger partial charge in [0.25, 0.3) is 0 Å². The molecule has 0 aliphatic rings. The Morgan fingerprint density at radius 2 is 2.07 bits per heavy atom. The molecule has 1 aromatic rings. The first kappa shape index (κ1) is 12.1. The van der Waals surface area contributed by atoms with Crippen LogP contribution in [0.4, 0.5) is 4.39 Å². The van der Waals surface area contributed by atoms with E-state index in [1.807, 2.05) is 0 Å².